The van der Waals surface area contributed by atoms with E-state index in [0.29, 0.717) is 35.5 Å². The molecular formula is C43H54O3. The van der Waals surface area contributed by atoms with E-state index < -0.39 is 0 Å². The molecule has 4 aromatic carbocycles. The maximum Gasteiger partial charge on any atom is 0.193 e. The molecule has 0 bridgehead atoms. The molecule has 0 aliphatic rings. The van der Waals surface area contributed by atoms with Gasteiger partial charge >= 0.3 is 0 Å². The van der Waals surface area contributed by atoms with Gasteiger partial charge in [0.1, 0.15) is 11.5 Å². The third-order valence-corrected chi connectivity index (χ3v) is 8.88. The number of aromatic hydroxyl groups is 2. The highest BCUT2D eigenvalue weighted by Gasteiger charge is 2.29. The number of hydrogen-bond acceptors (Lipinski definition) is 3. The van der Waals surface area contributed by atoms with Gasteiger partial charge in [0.15, 0.2) is 5.78 Å². The van der Waals surface area contributed by atoms with Crippen LogP contribution in [0.25, 0.3) is 0 Å². The van der Waals surface area contributed by atoms with Crippen molar-refractivity contribution in [2.75, 3.05) is 0 Å². The molecule has 0 aliphatic heterocycles. The summed E-state index contributed by atoms with van der Waals surface area (Å²) in [5, 5.41) is 22.5. The molecule has 0 aliphatic carbocycles. The molecule has 0 heterocycles. The van der Waals surface area contributed by atoms with Gasteiger partial charge in [0.2, 0.25) is 0 Å². The normalized spacial score (nSPS) is 12.8. The van der Waals surface area contributed by atoms with Crippen molar-refractivity contribution in [2.24, 2.45) is 0 Å². The highest BCUT2D eigenvalue weighted by atomic mass is 16.3. The van der Waals surface area contributed by atoms with Crippen LogP contribution in [0.2, 0.25) is 0 Å². The highest BCUT2D eigenvalue weighted by molar-refractivity contribution is 6.11. The molecule has 2 N–H and O–H groups in total. The summed E-state index contributed by atoms with van der Waals surface area (Å²) in [6.45, 7) is 25.4. The second kappa shape index (κ2) is 12.4. The molecular weight excluding hydrogens is 564 g/mol. The monoisotopic (exact) mass is 618 g/mol. The number of rotatable bonds is 6. The minimum atomic E-state index is -0.234. The lowest BCUT2D eigenvalue weighted by molar-refractivity contribution is 0.103. The summed E-state index contributed by atoms with van der Waals surface area (Å²) in [6.07, 6.45) is 1.16. The zero-order valence-electron chi connectivity index (χ0n) is 30.1. The minimum Gasteiger partial charge on any atom is -0.507 e. The lowest BCUT2D eigenvalue weighted by Crippen LogP contribution is -2.18. The Labute approximate surface area is 277 Å². The summed E-state index contributed by atoms with van der Waals surface area (Å²) in [4.78, 5) is 14.4. The number of phenols is 2. The average Bonchev–Trinajstić information content (AvgIpc) is 2.92. The van der Waals surface area contributed by atoms with Gasteiger partial charge in [-0.25, -0.2) is 0 Å². The van der Waals surface area contributed by atoms with Gasteiger partial charge in [-0.1, -0.05) is 156 Å². The van der Waals surface area contributed by atoms with E-state index in [9.17, 15) is 15.0 Å². The Balaban J connectivity index is 1.78. The Kier molecular flexibility index (Phi) is 9.44. The first kappa shape index (κ1) is 35.0. The van der Waals surface area contributed by atoms with E-state index >= 15 is 0 Å². The number of hydrogen-bond donors (Lipinski definition) is 2. The van der Waals surface area contributed by atoms with Gasteiger partial charge in [0.25, 0.3) is 0 Å². The number of phenolic OH excluding ortho intramolecular Hbond substituents is 2. The zero-order valence-corrected chi connectivity index (χ0v) is 30.1. The summed E-state index contributed by atoms with van der Waals surface area (Å²) in [5.41, 5.74) is 8.20. The Morgan fingerprint density at radius 2 is 0.739 bits per heavy atom. The fraction of sp³-hybridized carbons (Fsp3) is 0.419. The van der Waals surface area contributed by atoms with E-state index in [1.54, 1.807) is 0 Å². The second-order valence-electron chi connectivity index (χ2n) is 17.1. The van der Waals surface area contributed by atoms with Crippen molar-refractivity contribution in [3.05, 3.63) is 128 Å². The van der Waals surface area contributed by atoms with Crippen molar-refractivity contribution in [1.82, 2.24) is 0 Å². The molecule has 4 rings (SSSR count). The molecule has 0 amide bonds. The summed E-state index contributed by atoms with van der Waals surface area (Å²) in [6, 6.07) is 24.2. The maximum atomic E-state index is 14.4. The smallest absolute Gasteiger partial charge is 0.193 e. The molecule has 0 aromatic heterocycles. The van der Waals surface area contributed by atoms with E-state index in [-0.39, 0.29) is 27.4 Å². The first-order valence-electron chi connectivity index (χ1n) is 16.5. The Bertz CT molecular complexity index is 1550. The second-order valence-corrected chi connectivity index (χ2v) is 17.1. The van der Waals surface area contributed by atoms with Gasteiger partial charge < -0.3 is 10.2 Å². The Morgan fingerprint density at radius 3 is 1.00 bits per heavy atom. The van der Waals surface area contributed by atoms with Crippen LogP contribution < -0.4 is 0 Å². The molecule has 3 nitrogen and oxygen atoms in total. The van der Waals surface area contributed by atoms with Gasteiger partial charge in [0, 0.05) is 11.1 Å². The van der Waals surface area contributed by atoms with Crippen LogP contribution in [0.4, 0.5) is 0 Å². The van der Waals surface area contributed by atoms with Crippen molar-refractivity contribution < 1.29 is 15.0 Å². The average molecular weight is 619 g/mol. The third kappa shape index (κ3) is 7.57. The first-order valence-corrected chi connectivity index (χ1v) is 16.5. The lowest BCUT2D eigenvalue weighted by atomic mass is 9.77. The minimum absolute atomic E-state index is 0.00272. The van der Waals surface area contributed by atoms with Crippen LogP contribution in [-0.4, -0.2) is 16.0 Å². The van der Waals surface area contributed by atoms with Crippen LogP contribution in [0.3, 0.4) is 0 Å². The van der Waals surface area contributed by atoms with Crippen LogP contribution in [0, 0.1) is 0 Å². The van der Waals surface area contributed by atoms with E-state index in [1.165, 1.54) is 0 Å². The number of benzene rings is 4. The van der Waals surface area contributed by atoms with Crippen LogP contribution in [-0.2, 0) is 34.5 Å². The SMILES string of the molecule is CC(C)(C)c1cc(Cc2ccccc2C(=O)c2ccccc2Cc2cc(C(C)(C)C)c(O)c(C(C)(C)C)c2)cc(C(C)(C)C)c1O. The predicted molar refractivity (Wildman–Crippen MR) is 193 cm³/mol. The van der Waals surface area contributed by atoms with Crippen molar-refractivity contribution in [2.45, 2.75) is 118 Å². The fourth-order valence-electron chi connectivity index (χ4n) is 6.26. The van der Waals surface area contributed by atoms with Gasteiger partial charge in [-0.05, 0) is 79.0 Å². The Hall–Kier alpha value is -3.85. The molecule has 46 heavy (non-hydrogen) atoms. The van der Waals surface area contributed by atoms with Crippen molar-refractivity contribution in [1.29, 1.82) is 0 Å². The predicted octanol–water partition coefficient (Wildman–Crippen LogP) is 10.7. The summed E-state index contributed by atoms with van der Waals surface area (Å²) in [7, 11) is 0. The maximum absolute atomic E-state index is 14.4. The van der Waals surface area contributed by atoms with Crippen LogP contribution in [0.15, 0.2) is 72.8 Å². The topological polar surface area (TPSA) is 57.5 Å². The van der Waals surface area contributed by atoms with E-state index in [2.05, 4.69) is 107 Å². The van der Waals surface area contributed by atoms with Crippen molar-refractivity contribution in [3.8, 4) is 11.5 Å². The van der Waals surface area contributed by atoms with Crippen LogP contribution >= 0.6 is 0 Å². The van der Waals surface area contributed by atoms with Crippen LogP contribution in [0.1, 0.15) is 144 Å². The quantitative estimate of drug-likeness (QED) is 0.211. The number of carbonyl (C=O) groups excluding carboxylic acids is 1. The number of ketones is 1. The number of carbonyl (C=O) groups is 1. The highest BCUT2D eigenvalue weighted by Crippen LogP contribution is 2.42. The van der Waals surface area contributed by atoms with Gasteiger partial charge in [-0.3, -0.25) is 4.79 Å². The third-order valence-electron chi connectivity index (χ3n) is 8.88. The Morgan fingerprint density at radius 1 is 0.478 bits per heavy atom. The van der Waals surface area contributed by atoms with Gasteiger partial charge in [-0.15, -0.1) is 0 Å². The molecule has 0 atom stereocenters. The molecule has 0 radical (unpaired) electrons. The van der Waals surface area contributed by atoms with Crippen LogP contribution in [0.5, 0.6) is 11.5 Å². The van der Waals surface area contributed by atoms with Crippen molar-refractivity contribution in [3.63, 3.8) is 0 Å². The molecule has 0 saturated heterocycles. The standard InChI is InChI=1S/C43H54O3/c1-40(2,3)33-23-27(24-34(38(33)45)41(4,5)6)21-29-17-13-15-19-31(29)37(44)32-20-16-14-18-30(32)22-28-25-35(42(7,8)9)39(46)36(26-28)43(10,11)12/h13-20,23-26,45-46H,21-22H2,1-12H3. The molecule has 3 heteroatoms. The largest absolute Gasteiger partial charge is 0.507 e. The fourth-order valence-corrected chi connectivity index (χ4v) is 6.26. The molecule has 0 saturated carbocycles. The van der Waals surface area contributed by atoms with E-state index in [4.69, 9.17) is 0 Å². The molecule has 0 spiro atoms. The van der Waals surface area contributed by atoms with E-state index in [1.807, 2.05) is 48.5 Å². The van der Waals surface area contributed by atoms with Crippen molar-refractivity contribution >= 4 is 5.78 Å². The zero-order chi connectivity index (χ0) is 34.4. The summed E-state index contributed by atoms with van der Waals surface area (Å²) in [5.74, 6) is 0.726. The summed E-state index contributed by atoms with van der Waals surface area (Å²) >= 11 is 0. The van der Waals surface area contributed by atoms with Gasteiger partial charge in [0.05, 0.1) is 0 Å². The molecule has 0 fully saturated rings. The summed E-state index contributed by atoms with van der Waals surface area (Å²) < 4.78 is 0. The molecule has 244 valence electrons. The lowest BCUT2D eigenvalue weighted by Gasteiger charge is -2.28. The van der Waals surface area contributed by atoms with Gasteiger partial charge in [-0.2, -0.15) is 0 Å². The molecule has 4 aromatic rings. The van der Waals surface area contributed by atoms with E-state index in [0.717, 1.165) is 44.5 Å². The first-order chi connectivity index (χ1) is 21.1. The molecule has 0 unspecified atom stereocenters.